The van der Waals surface area contributed by atoms with Gasteiger partial charge in [0.05, 0.1) is 11.6 Å². The van der Waals surface area contributed by atoms with Crippen LogP contribution in [0.2, 0.25) is 0 Å². The van der Waals surface area contributed by atoms with Crippen molar-refractivity contribution in [3.8, 4) is 0 Å². The zero-order valence-corrected chi connectivity index (χ0v) is 25.3. The first-order chi connectivity index (χ1) is 21.2. The van der Waals surface area contributed by atoms with Gasteiger partial charge in [-0.05, 0) is 101 Å². The van der Waals surface area contributed by atoms with E-state index in [2.05, 4.69) is 15.7 Å². The molecule has 10 nitrogen and oxygen atoms in total. The molecule has 45 heavy (non-hydrogen) atoms. The van der Waals surface area contributed by atoms with Gasteiger partial charge in [0.15, 0.2) is 0 Å². The Labute approximate surface area is 258 Å². The van der Waals surface area contributed by atoms with Gasteiger partial charge in [0.1, 0.15) is 29.6 Å². The molecule has 2 heterocycles. The minimum atomic E-state index is -4.77. The number of alkyl halides is 3. The maximum absolute atomic E-state index is 15.4. The van der Waals surface area contributed by atoms with Gasteiger partial charge in [0, 0.05) is 12.2 Å². The van der Waals surface area contributed by atoms with E-state index in [0.29, 0.717) is 10.6 Å². The van der Waals surface area contributed by atoms with Gasteiger partial charge in [0.2, 0.25) is 17.7 Å². The van der Waals surface area contributed by atoms with Crippen LogP contribution in [-0.2, 0) is 14.4 Å². The van der Waals surface area contributed by atoms with E-state index in [1.54, 1.807) is 10.7 Å². The first-order valence-electron chi connectivity index (χ1n) is 15.3. The van der Waals surface area contributed by atoms with E-state index in [0.717, 1.165) is 31.7 Å². The van der Waals surface area contributed by atoms with Crippen LogP contribution in [0.1, 0.15) is 87.3 Å². The van der Waals surface area contributed by atoms with Crippen LogP contribution in [0.25, 0.3) is 0 Å². The van der Waals surface area contributed by atoms with Crippen molar-refractivity contribution in [1.82, 2.24) is 20.0 Å². The quantitative estimate of drug-likeness (QED) is 0.317. The van der Waals surface area contributed by atoms with Crippen molar-refractivity contribution in [1.29, 1.82) is 0 Å². The monoisotopic (exact) mass is 634 g/mol. The molecule has 2 saturated carbocycles. The second-order valence-electron chi connectivity index (χ2n) is 12.7. The number of hydrogen-bond donors (Lipinski definition) is 3. The number of carbonyl (C=O) groups excluding carboxylic acids is 4. The second-order valence-corrected chi connectivity index (χ2v) is 12.7. The fourth-order valence-electron chi connectivity index (χ4n) is 6.55. The summed E-state index contributed by atoms with van der Waals surface area (Å²) in [6, 6.07) is 0.491. The highest BCUT2D eigenvalue weighted by atomic mass is 19.4. The number of benzene rings is 1. The molecule has 4 N–H and O–H groups in total. The normalized spacial score (nSPS) is 21.6. The topological polar surface area (TPSA) is 139 Å². The summed E-state index contributed by atoms with van der Waals surface area (Å²) in [7, 11) is 0. The van der Waals surface area contributed by atoms with Gasteiger partial charge in [-0.1, -0.05) is 6.07 Å². The first-order valence-corrected chi connectivity index (χ1v) is 15.3. The molecule has 3 fully saturated rings. The molecule has 0 radical (unpaired) electrons. The number of anilines is 1. The number of amides is 4. The van der Waals surface area contributed by atoms with E-state index >= 15 is 4.39 Å². The van der Waals surface area contributed by atoms with Gasteiger partial charge in [0.25, 0.3) is 5.91 Å². The van der Waals surface area contributed by atoms with Crippen molar-refractivity contribution in [2.75, 3.05) is 5.32 Å². The van der Waals surface area contributed by atoms with Crippen molar-refractivity contribution < 1.29 is 36.7 Å². The third-order valence-corrected chi connectivity index (χ3v) is 9.15. The Hall–Kier alpha value is -3.97. The van der Waals surface area contributed by atoms with Crippen LogP contribution in [0.15, 0.2) is 30.5 Å². The van der Waals surface area contributed by atoms with E-state index in [1.165, 1.54) is 25.3 Å². The summed E-state index contributed by atoms with van der Waals surface area (Å²) in [4.78, 5) is 52.6. The summed E-state index contributed by atoms with van der Waals surface area (Å²) in [6.07, 6.45) is -0.214. The molecular formula is C31H38F4N6O4. The van der Waals surface area contributed by atoms with Crippen LogP contribution in [0.5, 0.6) is 0 Å². The Morgan fingerprint density at radius 1 is 0.978 bits per heavy atom. The lowest BCUT2D eigenvalue weighted by molar-refractivity contribution is -0.186. The third kappa shape index (κ3) is 6.84. The Kier molecular flexibility index (Phi) is 8.96. The lowest BCUT2D eigenvalue weighted by Crippen LogP contribution is -2.53. The van der Waals surface area contributed by atoms with Crippen LogP contribution in [0, 0.1) is 23.6 Å². The summed E-state index contributed by atoms with van der Waals surface area (Å²) < 4.78 is 58.0. The highest BCUT2D eigenvalue weighted by molar-refractivity contribution is 6.01. The van der Waals surface area contributed by atoms with E-state index < -0.39 is 66.1 Å². The number of halogens is 4. The Morgan fingerprint density at radius 3 is 2.16 bits per heavy atom. The molecule has 244 valence electrons. The summed E-state index contributed by atoms with van der Waals surface area (Å²) >= 11 is 0. The number of carbonyl (C=O) groups is 4. The maximum Gasteiger partial charge on any atom is 0.408 e. The van der Waals surface area contributed by atoms with E-state index in [4.69, 9.17) is 5.73 Å². The molecule has 2 unspecified atom stereocenters. The van der Waals surface area contributed by atoms with Gasteiger partial charge in [-0.15, -0.1) is 0 Å². The largest absolute Gasteiger partial charge is 0.408 e. The minimum absolute atomic E-state index is 0.0622. The standard InChI is InChI=1S/C31H38F4N6O4/c1-15(2)41-23(12-13-37-41)28(43)39-26(25(17-4-5-17)18-6-7-18)29(44)38-21-9-8-19(14-20(21)32)16(3)30(45)40-22(27(36)42)10-11-24(40)31(33,34)35/h8-9,12-18,22,24-26H,4-7,10-11H2,1-3H3,(H2,36,42)(H,38,44)(H,39,43)/t16-,22?,24?,26-/m0/s1. The molecule has 4 atom stereocenters. The van der Waals surface area contributed by atoms with Gasteiger partial charge >= 0.3 is 6.18 Å². The number of aromatic nitrogens is 2. The molecule has 0 bridgehead atoms. The minimum Gasteiger partial charge on any atom is -0.368 e. The van der Waals surface area contributed by atoms with E-state index in [1.807, 2.05) is 13.8 Å². The number of nitrogens with zero attached hydrogens (tertiary/aromatic N) is 3. The second kappa shape index (κ2) is 12.4. The van der Waals surface area contributed by atoms with Crippen molar-refractivity contribution in [3.05, 3.63) is 47.5 Å². The summed E-state index contributed by atoms with van der Waals surface area (Å²) in [5.41, 5.74) is 5.45. The summed E-state index contributed by atoms with van der Waals surface area (Å²) in [5.74, 6) is -4.84. The fourth-order valence-corrected chi connectivity index (χ4v) is 6.55. The Balaban J connectivity index is 1.35. The number of likely N-dealkylation sites (tertiary alicyclic amines) is 1. The van der Waals surface area contributed by atoms with Gasteiger partial charge in [-0.25, -0.2) is 4.39 Å². The highest BCUT2D eigenvalue weighted by Crippen LogP contribution is 2.51. The van der Waals surface area contributed by atoms with Gasteiger partial charge < -0.3 is 21.3 Å². The number of hydrogen-bond acceptors (Lipinski definition) is 5. The van der Waals surface area contributed by atoms with Crippen LogP contribution in [0.4, 0.5) is 23.2 Å². The molecule has 14 heteroatoms. The molecule has 1 aliphatic heterocycles. The molecule has 2 aromatic rings. The number of nitrogens with one attached hydrogen (secondary N) is 2. The predicted octanol–water partition coefficient (Wildman–Crippen LogP) is 4.29. The zero-order valence-electron chi connectivity index (χ0n) is 25.3. The molecule has 1 aromatic carbocycles. The van der Waals surface area contributed by atoms with Crippen LogP contribution < -0.4 is 16.4 Å². The Bertz CT molecular complexity index is 1460. The SMILES string of the molecule is CC(C)n1nccc1C(=O)N[C@H](C(=O)Nc1ccc([C@H](C)C(=O)N2C(C(N)=O)CCC2C(F)(F)F)cc1F)C(C1CC1)C1CC1. The maximum atomic E-state index is 15.4. The Morgan fingerprint density at radius 2 is 1.62 bits per heavy atom. The van der Waals surface area contributed by atoms with E-state index in [-0.39, 0.29) is 41.5 Å². The molecule has 3 aliphatic rings. The smallest absolute Gasteiger partial charge is 0.368 e. The van der Waals surface area contributed by atoms with Crippen molar-refractivity contribution in [2.45, 2.75) is 95.6 Å². The average molecular weight is 635 g/mol. The summed E-state index contributed by atoms with van der Waals surface area (Å²) in [5, 5.41) is 9.67. The molecule has 1 saturated heterocycles. The van der Waals surface area contributed by atoms with Gasteiger partial charge in [-0.2, -0.15) is 18.3 Å². The van der Waals surface area contributed by atoms with E-state index in [9.17, 15) is 32.3 Å². The third-order valence-electron chi connectivity index (χ3n) is 9.15. The molecule has 5 rings (SSSR count). The first kappa shape index (κ1) is 32.4. The molecule has 1 aromatic heterocycles. The van der Waals surface area contributed by atoms with Crippen LogP contribution in [-0.4, -0.2) is 62.6 Å². The van der Waals surface area contributed by atoms with Crippen LogP contribution >= 0.6 is 0 Å². The number of rotatable bonds is 11. The average Bonchev–Trinajstić information content (AvgIpc) is 3.89. The number of nitrogens with two attached hydrogens (primary N) is 1. The fraction of sp³-hybridized carbons (Fsp3) is 0.581. The van der Waals surface area contributed by atoms with Crippen molar-refractivity contribution in [3.63, 3.8) is 0 Å². The highest BCUT2D eigenvalue weighted by Gasteiger charge is 2.53. The van der Waals surface area contributed by atoms with Gasteiger partial charge in [-0.3, -0.25) is 23.9 Å². The number of primary amides is 1. The lowest BCUT2D eigenvalue weighted by Gasteiger charge is -2.32. The molecule has 2 aliphatic carbocycles. The molecule has 4 amide bonds. The van der Waals surface area contributed by atoms with Crippen LogP contribution in [0.3, 0.4) is 0 Å². The summed E-state index contributed by atoms with van der Waals surface area (Å²) in [6.45, 7) is 5.08. The van der Waals surface area contributed by atoms with Crippen molar-refractivity contribution in [2.24, 2.45) is 23.5 Å². The molecule has 0 spiro atoms. The lowest BCUT2D eigenvalue weighted by atomic mass is 9.88. The van der Waals surface area contributed by atoms with Crippen molar-refractivity contribution >= 4 is 29.3 Å². The molecular weight excluding hydrogens is 596 g/mol. The zero-order chi connectivity index (χ0) is 32.8. The predicted molar refractivity (Wildman–Crippen MR) is 155 cm³/mol.